The van der Waals surface area contributed by atoms with Crippen LogP contribution >= 0.6 is 0 Å². The summed E-state index contributed by atoms with van der Waals surface area (Å²) >= 11 is 0. The summed E-state index contributed by atoms with van der Waals surface area (Å²) in [6, 6.07) is 1.78. The molecule has 0 radical (unpaired) electrons. The van der Waals surface area contributed by atoms with Crippen molar-refractivity contribution < 1.29 is 13.0 Å². The second kappa shape index (κ2) is 7.16. The van der Waals surface area contributed by atoms with E-state index in [1.165, 1.54) is 0 Å². The van der Waals surface area contributed by atoms with E-state index in [0.717, 1.165) is 11.4 Å². The Morgan fingerprint density at radius 1 is 1.19 bits per heavy atom. The zero-order valence-electron chi connectivity index (χ0n) is 15.4. The van der Waals surface area contributed by atoms with Gasteiger partial charge >= 0.3 is 0 Å². The first-order valence-corrected chi connectivity index (χ1v) is 10.0. The van der Waals surface area contributed by atoms with Crippen LogP contribution in [0.4, 0.5) is 0 Å². The van der Waals surface area contributed by atoms with Crippen LogP contribution in [0.1, 0.15) is 43.1 Å². The van der Waals surface area contributed by atoms with Crippen molar-refractivity contribution in [1.29, 1.82) is 0 Å². The minimum Gasteiger partial charge on any atom is -0.335 e. The minimum absolute atomic E-state index is 0.129. The molecular formula is C17H23N5O3S. The van der Waals surface area contributed by atoms with Crippen LogP contribution in [0.15, 0.2) is 28.0 Å². The molecule has 3 aromatic rings. The molecule has 0 spiro atoms. The molecule has 8 nitrogen and oxygen atoms in total. The maximum absolute atomic E-state index is 12.8. The first-order chi connectivity index (χ1) is 12.3. The molecule has 2 aromatic heterocycles. The van der Waals surface area contributed by atoms with Crippen molar-refractivity contribution >= 4 is 21.1 Å². The summed E-state index contributed by atoms with van der Waals surface area (Å²) in [5.74, 6) is 1.32. The zero-order valence-corrected chi connectivity index (χ0v) is 16.2. The molecule has 0 unspecified atom stereocenters. The topological polar surface area (TPSA) is 103 Å². The van der Waals surface area contributed by atoms with Crippen LogP contribution in [0.2, 0.25) is 0 Å². The van der Waals surface area contributed by atoms with Gasteiger partial charge in [-0.2, -0.15) is 0 Å². The lowest BCUT2D eigenvalue weighted by molar-refractivity contribution is 0.315. The predicted molar refractivity (Wildman–Crippen MR) is 97.4 cm³/mol. The van der Waals surface area contributed by atoms with Crippen LogP contribution in [0, 0.1) is 13.8 Å². The third-order valence-corrected chi connectivity index (χ3v) is 5.91. The molecule has 26 heavy (non-hydrogen) atoms. The van der Waals surface area contributed by atoms with Gasteiger partial charge in [0.2, 0.25) is 10.0 Å². The molecule has 0 saturated carbocycles. The summed E-state index contributed by atoms with van der Waals surface area (Å²) in [5, 5.41) is 7.59. The van der Waals surface area contributed by atoms with Crippen molar-refractivity contribution in [3.05, 3.63) is 35.4 Å². The van der Waals surface area contributed by atoms with Crippen molar-refractivity contribution in [3.8, 4) is 0 Å². The molecular weight excluding hydrogens is 354 g/mol. The average molecular weight is 377 g/mol. The SMILES string of the molecule is Cc1cc(C)c2nonc2c1S(=O)(=O)NCCCn1ccnc1C(C)C. The van der Waals surface area contributed by atoms with Gasteiger partial charge < -0.3 is 4.57 Å². The Balaban J connectivity index is 1.72. The van der Waals surface area contributed by atoms with Crippen molar-refractivity contribution in [3.63, 3.8) is 0 Å². The highest BCUT2D eigenvalue weighted by atomic mass is 32.2. The number of aromatic nitrogens is 4. The molecule has 1 aromatic carbocycles. The quantitative estimate of drug-likeness (QED) is 0.635. The number of fused-ring (bicyclic) bond motifs is 1. The van der Waals surface area contributed by atoms with Gasteiger partial charge in [0.05, 0.1) is 0 Å². The number of rotatable bonds is 7. The van der Waals surface area contributed by atoms with E-state index in [1.54, 1.807) is 19.2 Å². The number of hydrogen-bond acceptors (Lipinski definition) is 6. The lowest BCUT2D eigenvalue weighted by atomic mass is 10.1. The molecule has 1 N–H and O–H groups in total. The number of nitrogens with zero attached hydrogens (tertiary/aromatic N) is 4. The normalized spacial score (nSPS) is 12.3. The lowest BCUT2D eigenvalue weighted by Gasteiger charge is -2.12. The van der Waals surface area contributed by atoms with Crippen molar-refractivity contribution in [2.24, 2.45) is 0 Å². The third-order valence-electron chi connectivity index (χ3n) is 4.27. The van der Waals surface area contributed by atoms with E-state index in [-0.39, 0.29) is 10.4 Å². The maximum atomic E-state index is 12.8. The monoisotopic (exact) mass is 377 g/mol. The van der Waals surface area contributed by atoms with Crippen molar-refractivity contribution in [2.75, 3.05) is 6.54 Å². The highest BCUT2D eigenvalue weighted by Crippen LogP contribution is 2.26. The first kappa shape index (κ1) is 18.5. The van der Waals surface area contributed by atoms with Gasteiger partial charge in [0.15, 0.2) is 5.52 Å². The fourth-order valence-electron chi connectivity index (χ4n) is 3.12. The Morgan fingerprint density at radius 3 is 2.65 bits per heavy atom. The second-order valence-electron chi connectivity index (χ2n) is 6.69. The fraction of sp³-hybridized carbons (Fsp3) is 0.471. The number of hydrogen-bond donors (Lipinski definition) is 1. The number of nitrogens with one attached hydrogen (secondary N) is 1. The molecule has 2 heterocycles. The molecule has 0 bridgehead atoms. The Bertz CT molecular complexity index is 1020. The van der Waals surface area contributed by atoms with Gasteiger partial charge in [-0.3, -0.25) is 0 Å². The molecule has 0 amide bonds. The Hall–Kier alpha value is -2.26. The van der Waals surface area contributed by atoms with Crippen molar-refractivity contribution in [1.82, 2.24) is 24.6 Å². The van der Waals surface area contributed by atoms with Gasteiger partial charge in [0.1, 0.15) is 16.2 Å². The molecule has 140 valence electrons. The van der Waals surface area contributed by atoms with Crippen LogP contribution in [-0.4, -0.2) is 34.8 Å². The lowest BCUT2D eigenvalue weighted by Crippen LogP contribution is -2.26. The largest absolute Gasteiger partial charge is 0.335 e. The van der Waals surface area contributed by atoms with E-state index in [4.69, 9.17) is 4.63 Å². The summed E-state index contributed by atoms with van der Waals surface area (Å²) in [6.07, 6.45) is 4.34. The molecule has 0 aliphatic heterocycles. The standard InChI is InChI=1S/C17H23N5O3S/c1-11(2)17-18-7-9-22(17)8-5-6-19-26(23,24)16-13(4)10-12(3)14-15(16)21-25-20-14/h7,9-11,19H,5-6,8H2,1-4H3. The highest BCUT2D eigenvalue weighted by Gasteiger charge is 2.24. The van der Waals surface area contributed by atoms with Gasteiger partial charge in [-0.25, -0.2) is 22.8 Å². The molecule has 0 fully saturated rings. The van der Waals surface area contributed by atoms with Gasteiger partial charge in [-0.15, -0.1) is 0 Å². The summed E-state index contributed by atoms with van der Waals surface area (Å²) < 4.78 is 35.0. The highest BCUT2D eigenvalue weighted by molar-refractivity contribution is 7.89. The van der Waals surface area contributed by atoms with Crippen LogP contribution in [0.5, 0.6) is 0 Å². The van der Waals surface area contributed by atoms with Gasteiger partial charge in [0, 0.05) is 31.4 Å². The van der Waals surface area contributed by atoms with Crippen LogP contribution < -0.4 is 4.72 Å². The van der Waals surface area contributed by atoms with Crippen LogP contribution in [-0.2, 0) is 16.6 Å². The van der Waals surface area contributed by atoms with E-state index in [2.05, 4.69) is 38.4 Å². The third kappa shape index (κ3) is 3.49. The molecule has 9 heteroatoms. The van der Waals surface area contributed by atoms with E-state index in [9.17, 15) is 8.42 Å². The van der Waals surface area contributed by atoms with E-state index < -0.39 is 10.0 Å². The Kier molecular flexibility index (Phi) is 5.10. The summed E-state index contributed by atoms with van der Waals surface area (Å²) in [6.45, 7) is 8.77. The second-order valence-corrected chi connectivity index (χ2v) is 8.39. The van der Waals surface area contributed by atoms with Gasteiger partial charge in [0.25, 0.3) is 0 Å². The first-order valence-electron chi connectivity index (χ1n) is 8.54. The molecule has 3 rings (SSSR count). The van der Waals surface area contributed by atoms with Gasteiger partial charge in [-0.05, 0) is 41.7 Å². The molecule has 0 saturated heterocycles. The van der Waals surface area contributed by atoms with Crippen molar-refractivity contribution in [2.45, 2.75) is 51.5 Å². The van der Waals surface area contributed by atoms with Crippen LogP contribution in [0.3, 0.4) is 0 Å². The summed E-state index contributed by atoms with van der Waals surface area (Å²) in [7, 11) is -3.71. The van der Waals surface area contributed by atoms with E-state index >= 15 is 0 Å². The maximum Gasteiger partial charge on any atom is 0.243 e. The molecule has 0 aliphatic carbocycles. The van der Waals surface area contributed by atoms with E-state index in [0.29, 0.717) is 36.5 Å². The van der Waals surface area contributed by atoms with Gasteiger partial charge in [-0.1, -0.05) is 19.9 Å². The smallest absolute Gasteiger partial charge is 0.243 e. The Labute approximate surface area is 152 Å². The van der Waals surface area contributed by atoms with E-state index in [1.807, 2.05) is 13.1 Å². The molecule has 0 atom stereocenters. The average Bonchev–Trinajstić information content (AvgIpc) is 3.20. The zero-order chi connectivity index (χ0) is 18.9. The fourth-order valence-corrected chi connectivity index (χ4v) is 4.55. The Morgan fingerprint density at radius 2 is 1.92 bits per heavy atom. The number of aryl methyl sites for hydroxylation is 3. The molecule has 0 aliphatic rings. The summed E-state index contributed by atoms with van der Waals surface area (Å²) in [4.78, 5) is 4.47. The number of imidazole rings is 1. The predicted octanol–water partition coefficient (Wildman–Crippen LogP) is 2.53. The summed E-state index contributed by atoms with van der Waals surface area (Å²) in [5.41, 5.74) is 2.19. The minimum atomic E-state index is -3.71. The number of sulfonamides is 1. The number of benzene rings is 1. The van der Waals surface area contributed by atoms with Crippen LogP contribution in [0.25, 0.3) is 11.0 Å².